The number of hydrogen-bond donors (Lipinski definition) is 1. The second kappa shape index (κ2) is 7.99. The van der Waals surface area contributed by atoms with Crippen molar-refractivity contribution in [3.8, 4) is 5.75 Å². The molecule has 0 atom stereocenters. The van der Waals surface area contributed by atoms with Crippen molar-refractivity contribution in [1.82, 2.24) is 10.2 Å². The van der Waals surface area contributed by atoms with E-state index in [-0.39, 0.29) is 40.1 Å². The molecule has 2 amide bonds. The second-order valence-corrected chi connectivity index (χ2v) is 9.77. The van der Waals surface area contributed by atoms with Crippen LogP contribution >= 0.6 is 23.2 Å². The number of halogens is 3. The van der Waals surface area contributed by atoms with Crippen LogP contribution in [0.15, 0.2) is 51.7 Å². The molecule has 34 heavy (non-hydrogen) atoms. The first-order valence-electron chi connectivity index (χ1n) is 10.5. The van der Waals surface area contributed by atoms with Gasteiger partial charge in [-0.25, -0.2) is 4.39 Å². The number of hydrogen-bond acceptors (Lipinski definition) is 5. The number of fused-ring (bicyclic) bond motifs is 1. The SMILES string of the molecule is CN(C(=O)c1cc(=O)c2cc(Cl)ccc2o1)C12CC(NC(=O)COc3ccc(Cl)c(F)c3)(C1)C2. The Morgan fingerprint density at radius 1 is 1.15 bits per heavy atom. The van der Waals surface area contributed by atoms with Crippen molar-refractivity contribution in [2.75, 3.05) is 13.7 Å². The number of nitrogens with one attached hydrogen (secondary N) is 1. The van der Waals surface area contributed by atoms with Gasteiger partial charge in [0.05, 0.1) is 10.4 Å². The molecule has 3 fully saturated rings. The van der Waals surface area contributed by atoms with Crippen molar-refractivity contribution in [3.05, 3.63) is 74.3 Å². The van der Waals surface area contributed by atoms with Crippen molar-refractivity contribution >= 4 is 46.0 Å². The molecule has 0 aliphatic heterocycles. The molecular weight excluding hydrogens is 486 g/mol. The zero-order valence-corrected chi connectivity index (χ0v) is 19.5. The van der Waals surface area contributed by atoms with Crippen molar-refractivity contribution < 1.29 is 23.1 Å². The fourth-order valence-electron chi connectivity index (χ4n) is 4.88. The topological polar surface area (TPSA) is 88.9 Å². The Balaban J connectivity index is 1.19. The van der Waals surface area contributed by atoms with Crippen LogP contribution in [-0.2, 0) is 4.79 Å². The number of nitrogens with zero attached hydrogens (tertiary/aromatic N) is 1. The molecule has 3 aliphatic rings. The third-order valence-electron chi connectivity index (χ3n) is 6.58. The molecule has 6 rings (SSSR count). The molecule has 0 unspecified atom stereocenters. The van der Waals surface area contributed by atoms with E-state index in [0.29, 0.717) is 29.7 Å². The predicted molar refractivity (Wildman–Crippen MR) is 124 cm³/mol. The van der Waals surface area contributed by atoms with Gasteiger partial charge in [-0.15, -0.1) is 0 Å². The van der Waals surface area contributed by atoms with Crippen LogP contribution in [0.25, 0.3) is 11.0 Å². The molecule has 2 bridgehead atoms. The van der Waals surface area contributed by atoms with E-state index in [2.05, 4.69) is 5.32 Å². The van der Waals surface area contributed by atoms with Crippen molar-refractivity contribution in [2.24, 2.45) is 0 Å². The Labute approximate surface area is 203 Å². The molecule has 10 heteroatoms. The van der Waals surface area contributed by atoms with Crippen LogP contribution in [0, 0.1) is 5.82 Å². The van der Waals surface area contributed by atoms with Gasteiger partial charge in [0.15, 0.2) is 17.8 Å². The monoisotopic (exact) mass is 504 g/mol. The molecule has 1 N–H and O–H groups in total. The van der Waals surface area contributed by atoms with Crippen LogP contribution in [0.2, 0.25) is 10.0 Å². The summed E-state index contributed by atoms with van der Waals surface area (Å²) in [4.78, 5) is 39.3. The molecule has 0 saturated heterocycles. The van der Waals surface area contributed by atoms with Gasteiger partial charge in [0.1, 0.15) is 17.1 Å². The summed E-state index contributed by atoms with van der Waals surface area (Å²) in [6.07, 6.45) is 1.74. The lowest BCUT2D eigenvalue weighted by Gasteiger charge is -2.72. The smallest absolute Gasteiger partial charge is 0.289 e. The quantitative estimate of drug-likeness (QED) is 0.543. The highest BCUT2D eigenvalue weighted by atomic mass is 35.5. The normalized spacial score (nSPS) is 22.5. The first-order valence-corrected chi connectivity index (χ1v) is 11.3. The van der Waals surface area contributed by atoms with E-state index >= 15 is 0 Å². The van der Waals surface area contributed by atoms with Gasteiger partial charge in [0.25, 0.3) is 11.8 Å². The third kappa shape index (κ3) is 3.80. The molecule has 0 radical (unpaired) electrons. The number of amides is 2. The Kier molecular flexibility index (Phi) is 5.33. The number of carbonyl (C=O) groups is 2. The van der Waals surface area contributed by atoms with E-state index in [4.69, 9.17) is 32.4 Å². The fraction of sp³-hybridized carbons (Fsp3) is 0.292. The van der Waals surface area contributed by atoms with Crippen LogP contribution < -0.4 is 15.5 Å². The van der Waals surface area contributed by atoms with E-state index in [9.17, 15) is 18.8 Å². The highest BCUT2D eigenvalue weighted by Crippen LogP contribution is 2.63. The predicted octanol–water partition coefficient (Wildman–Crippen LogP) is 4.18. The molecule has 176 valence electrons. The van der Waals surface area contributed by atoms with Crippen molar-refractivity contribution in [3.63, 3.8) is 0 Å². The van der Waals surface area contributed by atoms with Crippen LogP contribution in [0.3, 0.4) is 0 Å². The lowest BCUT2D eigenvalue weighted by Crippen LogP contribution is -2.83. The summed E-state index contributed by atoms with van der Waals surface area (Å²) >= 11 is 11.6. The second-order valence-electron chi connectivity index (χ2n) is 8.93. The maximum Gasteiger partial charge on any atom is 0.289 e. The Morgan fingerprint density at radius 3 is 2.59 bits per heavy atom. The highest BCUT2D eigenvalue weighted by molar-refractivity contribution is 6.31. The van der Waals surface area contributed by atoms with E-state index in [1.54, 1.807) is 24.1 Å². The third-order valence-corrected chi connectivity index (χ3v) is 7.13. The zero-order chi connectivity index (χ0) is 24.3. The number of carbonyl (C=O) groups excluding carboxylic acids is 2. The number of rotatable bonds is 6. The zero-order valence-electron chi connectivity index (χ0n) is 18.0. The maximum atomic E-state index is 13.5. The molecule has 1 heterocycles. The Bertz CT molecular complexity index is 1390. The van der Waals surface area contributed by atoms with Crippen LogP contribution in [0.4, 0.5) is 4.39 Å². The highest BCUT2D eigenvalue weighted by Gasteiger charge is 2.71. The average Bonchev–Trinajstić information content (AvgIpc) is 2.75. The van der Waals surface area contributed by atoms with E-state index in [1.807, 2.05) is 0 Å². The Morgan fingerprint density at radius 2 is 1.88 bits per heavy atom. The standard InChI is InChI=1S/C24H19Cl2FN2O5/c1-29(22(32)20-8-18(30)15-6-13(25)2-5-19(15)34-20)24-10-23(11-24,12-24)28-21(31)9-33-14-3-4-16(26)17(27)7-14/h2-8H,9-12H2,1H3,(H,28,31). The molecule has 7 nitrogen and oxygen atoms in total. The summed E-state index contributed by atoms with van der Waals surface area (Å²) in [7, 11) is 1.66. The van der Waals surface area contributed by atoms with Crippen LogP contribution in [0.1, 0.15) is 29.8 Å². The van der Waals surface area contributed by atoms with E-state index < -0.39 is 22.8 Å². The molecule has 2 aromatic carbocycles. The van der Waals surface area contributed by atoms with Crippen LogP contribution in [0.5, 0.6) is 5.75 Å². The largest absolute Gasteiger partial charge is 0.484 e. The minimum atomic E-state index is -0.625. The van der Waals surface area contributed by atoms with Gasteiger partial charge in [-0.3, -0.25) is 14.4 Å². The van der Waals surface area contributed by atoms with E-state index in [0.717, 1.165) is 6.07 Å². The van der Waals surface area contributed by atoms with Gasteiger partial charge in [0, 0.05) is 35.3 Å². The summed E-state index contributed by atoms with van der Waals surface area (Å²) in [5, 5.41) is 3.63. The lowest BCUT2D eigenvalue weighted by molar-refractivity contribution is -0.165. The van der Waals surface area contributed by atoms with Gasteiger partial charge in [-0.1, -0.05) is 23.2 Å². The first-order chi connectivity index (χ1) is 16.1. The van der Waals surface area contributed by atoms with Gasteiger partial charge >= 0.3 is 0 Å². The fourth-order valence-corrected chi connectivity index (χ4v) is 5.17. The van der Waals surface area contributed by atoms with Gasteiger partial charge in [0.2, 0.25) is 0 Å². The van der Waals surface area contributed by atoms with Crippen molar-refractivity contribution in [1.29, 1.82) is 0 Å². The minimum Gasteiger partial charge on any atom is -0.484 e. The summed E-state index contributed by atoms with van der Waals surface area (Å²) < 4.78 is 24.5. The summed E-state index contributed by atoms with van der Waals surface area (Å²) in [6, 6.07) is 9.78. The number of benzene rings is 2. The number of ether oxygens (including phenoxy) is 1. The molecule has 3 aliphatic carbocycles. The minimum absolute atomic E-state index is 0.0259. The summed E-state index contributed by atoms with van der Waals surface area (Å²) in [6.45, 7) is -0.267. The van der Waals surface area contributed by atoms with Crippen LogP contribution in [-0.4, -0.2) is 41.4 Å². The molecular formula is C24H19Cl2FN2O5. The summed E-state index contributed by atoms with van der Waals surface area (Å²) in [5.74, 6) is -1.21. The van der Waals surface area contributed by atoms with E-state index in [1.165, 1.54) is 24.3 Å². The van der Waals surface area contributed by atoms with Crippen molar-refractivity contribution in [2.45, 2.75) is 30.3 Å². The summed E-state index contributed by atoms with van der Waals surface area (Å²) in [5.41, 5.74) is -0.864. The lowest BCUT2D eigenvalue weighted by atomic mass is 9.43. The average molecular weight is 505 g/mol. The molecule has 1 aromatic heterocycles. The molecule has 3 saturated carbocycles. The van der Waals surface area contributed by atoms with Gasteiger partial charge in [-0.2, -0.15) is 0 Å². The molecule has 3 aromatic rings. The van der Waals surface area contributed by atoms with Gasteiger partial charge in [-0.05, 0) is 49.6 Å². The maximum absolute atomic E-state index is 13.5. The molecule has 0 spiro atoms. The Hall–Kier alpha value is -3.10. The van der Waals surface area contributed by atoms with Gasteiger partial charge < -0.3 is 19.4 Å². The first kappa shape index (κ1) is 22.7.